The van der Waals surface area contributed by atoms with Crippen LogP contribution >= 0.6 is 0 Å². The maximum Gasteiger partial charge on any atom is 0.338 e. The number of amidine groups is 1. The maximum absolute atomic E-state index is 12.2. The normalized spacial score (nSPS) is 13.2. The fourth-order valence-corrected chi connectivity index (χ4v) is 2.56. The zero-order valence-corrected chi connectivity index (χ0v) is 15.7. The smallest absolute Gasteiger partial charge is 0.338 e. The lowest BCUT2D eigenvalue weighted by Crippen LogP contribution is -2.16. The molecule has 6 heteroatoms. The Balaban J connectivity index is 2.60. The van der Waals surface area contributed by atoms with E-state index in [1.165, 1.54) is 6.92 Å². The molecule has 0 radical (unpaired) electrons. The summed E-state index contributed by atoms with van der Waals surface area (Å²) in [5.41, 5.74) is 6.85. The first-order valence-electron chi connectivity index (χ1n) is 8.37. The second-order valence-electron chi connectivity index (χ2n) is 7.43. The number of nitrogens with zero attached hydrogens (tertiary/aromatic N) is 1. The highest BCUT2D eigenvalue weighted by molar-refractivity contribution is 6.00. The zero-order valence-electron chi connectivity index (χ0n) is 15.7. The Kier molecular flexibility index (Phi) is 7.61. The third-order valence-corrected chi connectivity index (χ3v) is 3.47. The minimum Gasteiger partial charge on any atom is -0.462 e. The SMILES string of the molecule is CC(=O)O/N=C(\N)c1cccc(C(=O)OCCC(C)CC(C)(C)C)c1. The van der Waals surface area contributed by atoms with Gasteiger partial charge in [-0.2, -0.15) is 0 Å². The lowest BCUT2D eigenvalue weighted by atomic mass is 9.84. The van der Waals surface area contributed by atoms with Crippen LogP contribution in [0.4, 0.5) is 0 Å². The van der Waals surface area contributed by atoms with Crippen LogP contribution in [0, 0.1) is 11.3 Å². The fourth-order valence-electron chi connectivity index (χ4n) is 2.56. The molecule has 6 nitrogen and oxygen atoms in total. The van der Waals surface area contributed by atoms with E-state index in [1.807, 2.05) is 0 Å². The number of oxime groups is 1. The van der Waals surface area contributed by atoms with Gasteiger partial charge in [-0.3, -0.25) is 0 Å². The highest BCUT2D eigenvalue weighted by Crippen LogP contribution is 2.25. The molecule has 0 spiro atoms. The number of hydrogen-bond donors (Lipinski definition) is 1. The van der Waals surface area contributed by atoms with Crippen molar-refractivity contribution in [1.82, 2.24) is 0 Å². The van der Waals surface area contributed by atoms with Crippen LogP contribution in [0.2, 0.25) is 0 Å². The first-order chi connectivity index (χ1) is 11.6. The second kappa shape index (κ2) is 9.20. The lowest BCUT2D eigenvalue weighted by Gasteiger charge is -2.23. The summed E-state index contributed by atoms with van der Waals surface area (Å²) in [5, 5.41) is 3.51. The van der Waals surface area contributed by atoms with E-state index >= 15 is 0 Å². The molecule has 1 aromatic carbocycles. The standard InChI is InChI=1S/C19H28N2O4/c1-13(12-19(3,4)5)9-10-24-18(23)16-8-6-7-15(11-16)17(20)21-25-14(2)22/h6-8,11,13H,9-10,12H2,1-5H3,(H2,20,21). The number of rotatable bonds is 7. The molecule has 0 aliphatic carbocycles. The van der Waals surface area contributed by atoms with Gasteiger partial charge >= 0.3 is 11.9 Å². The number of carbonyl (C=O) groups excluding carboxylic acids is 2. The minimum absolute atomic E-state index is 0.0173. The average Bonchev–Trinajstić information content (AvgIpc) is 2.50. The predicted octanol–water partition coefficient (Wildman–Crippen LogP) is 3.49. The van der Waals surface area contributed by atoms with Crippen molar-refractivity contribution in [1.29, 1.82) is 0 Å². The van der Waals surface area contributed by atoms with Gasteiger partial charge in [0.2, 0.25) is 0 Å². The summed E-state index contributed by atoms with van der Waals surface area (Å²) < 4.78 is 5.34. The van der Waals surface area contributed by atoms with Crippen LogP contribution in [0.3, 0.4) is 0 Å². The van der Waals surface area contributed by atoms with Crippen LogP contribution < -0.4 is 5.73 Å². The Labute approximate surface area is 149 Å². The monoisotopic (exact) mass is 348 g/mol. The summed E-state index contributed by atoms with van der Waals surface area (Å²) in [7, 11) is 0. The van der Waals surface area contributed by atoms with Crippen LogP contribution in [-0.2, 0) is 14.4 Å². The Morgan fingerprint density at radius 2 is 1.88 bits per heavy atom. The molecule has 1 atom stereocenters. The summed E-state index contributed by atoms with van der Waals surface area (Å²) in [4.78, 5) is 27.4. The van der Waals surface area contributed by atoms with Gasteiger partial charge in [0.15, 0.2) is 5.84 Å². The Hall–Kier alpha value is -2.37. The minimum atomic E-state index is -0.567. The molecule has 2 N–H and O–H groups in total. The van der Waals surface area contributed by atoms with Crippen molar-refractivity contribution in [3.63, 3.8) is 0 Å². The molecule has 0 aromatic heterocycles. The lowest BCUT2D eigenvalue weighted by molar-refractivity contribution is -0.140. The Bertz CT molecular complexity index is 633. The van der Waals surface area contributed by atoms with Crippen molar-refractivity contribution >= 4 is 17.8 Å². The van der Waals surface area contributed by atoms with E-state index < -0.39 is 11.9 Å². The van der Waals surface area contributed by atoms with E-state index in [4.69, 9.17) is 10.5 Å². The van der Waals surface area contributed by atoms with E-state index in [1.54, 1.807) is 24.3 Å². The zero-order chi connectivity index (χ0) is 19.0. The molecule has 1 aromatic rings. The van der Waals surface area contributed by atoms with Gasteiger partial charge in [-0.1, -0.05) is 45.0 Å². The number of benzene rings is 1. The third kappa shape index (κ3) is 8.33. The van der Waals surface area contributed by atoms with Crippen molar-refractivity contribution in [2.45, 2.75) is 47.5 Å². The molecule has 0 bridgehead atoms. The number of esters is 1. The third-order valence-electron chi connectivity index (χ3n) is 3.47. The van der Waals surface area contributed by atoms with Crippen molar-refractivity contribution in [2.24, 2.45) is 22.2 Å². The number of hydrogen-bond acceptors (Lipinski definition) is 5. The van der Waals surface area contributed by atoms with Crippen LogP contribution in [0.5, 0.6) is 0 Å². The van der Waals surface area contributed by atoms with Crippen LogP contribution in [0.15, 0.2) is 29.4 Å². The highest BCUT2D eigenvalue weighted by Gasteiger charge is 2.16. The molecule has 0 aliphatic rings. The van der Waals surface area contributed by atoms with E-state index in [0.717, 1.165) is 12.8 Å². The predicted molar refractivity (Wildman–Crippen MR) is 97.1 cm³/mol. The summed E-state index contributed by atoms with van der Waals surface area (Å²) in [6, 6.07) is 6.54. The second-order valence-corrected chi connectivity index (χ2v) is 7.43. The quantitative estimate of drug-likeness (QED) is 0.268. The number of ether oxygens (including phenoxy) is 1. The number of carbonyl (C=O) groups is 2. The van der Waals surface area contributed by atoms with Crippen molar-refractivity contribution in [3.05, 3.63) is 35.4 Å². The van der Waals surface area contributed by atoms with Crippen LogP contribution in [-0.4, -0.2) is 24.4 Å². The van der Waals surface area contributed by atoms with Gasteiger partial charge in [0, 0.05) is 12.5 Å². The molecule has 0 amide bonds. The van der Waals surface area contributed by atoms with E-state index in [9.17, 15) is 9.59 Å². The van der Waals surface area contributed by atoms with Gasteiger partial charge in [-0.25, -0.2) is 9.59 Å². The van der Waals surface area contributed by atoms with E-state index in [-0.39, 0.29) is 11.3 Å². The Morgan fingerprint density at radius 1 is 1.24 bits per heavy atom. The molecular weight excluding hydrogens is 320 g/mol. The summed E-state index contributed by atoms with van der Waals surface area (Å²) in [5.74, 6) is -0.484. The van der Waals surface area contributed by atoms with Crippen LogP contribution in [0.25, 0.3) is 0 Å². The Morgan fingerprint density at radius 3 is 2.48 bits per heavy atom. The summed E-state index contributed by atoms with van der Waals surface area (Å²) in [6.45, 7) is 10.4. The van der Waals surface area contributed by atoms with E-state index in [0.29, 0.717) is 23.7 Å². The first kappa shape index (κ1) is 20.7. The molecule has 0 saturated carbocycles. The van der Waals surface area contributed by atoms with Gasteiger partial charge in [-0.15, -0.1) is 0 Å². The average molecular weight is 348 g/mol. The molecular formula is C19H28N2O4. The molecule has 138 valence electrons. The summed E-state index contributed by atoms with van der Waals surface area (Å²) >= 11 is 0. The van der Waals surface area contributed by atoms with Gasteiger partial charge in [0.25, 0.3) is 0 Å². The molecule has 0 aliphatic heterocycles. The van der Waals surface area contributed by atoms with Gasteiger partial charge in [-0.05, 0) is 36.3 Å². The van der Waals surface area contributed by atoms with Gasteiger partial charge < -0.3 is 15.3 Å². The fraction of sp³-hybridized carbons (Fsp3) is 0.526. The summed E-state index contributed by atoms with van der Waals surface area (Å²) in [6.07, 6.45) is 1.89. The largest absolute Gasteiger partial charge is 0.462 e. The molecule has 1 unspecified atom stereocenters. The van der Waals surface area contributed by atoms with Crippen molar-refractivity contribution in [2.75, 3.05) is 6.61 Å². The highest BCUT2D eigenvalue weighted by atomic mass is 16.7. The first-order valence-corrected chi connectivity index (χ1v) is 8.37. The molecule has 1 rings (SSSR count). The van der Waals surface area contributed by atoms with Crippen LogP contribution in [0.1, 0.15) is 63.4 Å². The van der Waals surface area contributed by atoms with E-state index in [2.05, 4.69) is 37.7 Å². The topological polar surface area (TPSA) is 91.0 Å². The molecule has 0 fully saturated rings. The van der Waals surface area contributed by atoms with Crippen molar-refractivity contribution < 1.29 is 19.2 Å². The molecule has 0 saturated heterocycles. The number of nitrogens with two attached hydrogens (primary N) is 1. The van der Waals surface area contributed by atoms with Crippen molar-refractivity contribution in [3.8, 4) is 0 Å². The molecule has 25 heavy (non-hydrogen) atoms. The van der Waals surface area contributed by atoms with Gasteiger partial charge in [0.1, 0.15) is 0 Å². The maximum atomic E-state index is 12.2. The van der Waals surface area contributed by atoms with Gasteiger partial charge in [0.05, 0.1) is 12.2 Å². The molecule has 0 heterocycles.